The van der Waals surface area contributed by atoms with Crippen LogP contribution in [0.25, 0.3) is 0 Å². The van der Waals surface area contributed by atoms with Crippen molar-refractivity contribution in [2.45, 2.75) is 119 Å². The number of hydrogen-bond acceptors (Lipinski definition) is 11. The summed E-state index contributed by atoms with van der Waals surface area (Å²) in [4.78, 5) is 0. The van der Waals surface area contributed by atoms with Gasteiger partial charge in [-0.05, 0) is 6.42 Å². The van der Waals surface area contributed by atoms with E-state index < -0.39 is 74.1 Å². The summed E-state index contributed by atoms with van der Waals surface area (Å²) < 4.78 is 17.0. The Labute approximate surface area is 194 Å². The zero-order valence-electron chi connectivity index (χ0n) is 19.3. The maximum absolute atomic E-state index is 10.8. The molecule has 0 radical (unpaired) electrons. The van der Waals surface area contributed by atoms with Gasteiger partial charge in [-0.25, -0.2) is 0 Å². The third kappa shape index (κ3) is 6.42. The van der Waals surface area contributed by atoms with Gasteiger partial charge in [0.15, 0.2) is 0 Å². The minimum atomic E-state index is -2.27. The minimum Gasteiger partial charge on any atom is -0.394 e. The maximum atomic E-state index is 10.8. The minimum absolute atomic E-state index is 0.0128. The molecule has 2 saturated heterocycles. The molecular weight excluding hydrogens is 440 g/mol. The molecule has 33 heavy (non-hydrogen) atoms. The van der Waals surface area contributed by atoms with E-state index in [4.69, 9.17) is 14.2 Å². The number of ether oxygens (including phenoxy) is 3. The molecule has 0 bridgehead atoms. The smallest absolute Gasteiger partial charge is 0.224 e. The summed E-state index contributed by atoms with van der Waals surface area (Å²) in [5.41, 5.74) is 0. The SMILES string of the molecule is CCCCCCCCCC[C@@]1(OC2(CO)O[C@H](CO)[C@@H](O)[C@@H]2O)O[C@H](CO)[C@@H](O)[C@H](O)[C@H]1O. The van der Waals surface area contributed by atoms with Crippen molar-refractivity contribution in [3.05, 3.63) is 0 Å². The van der Waals surface area contributed by atoms with Crippen LogP contribution in [0.4, 0.5) is 0 Å². The van der Waals surface area contributed by atoms with E-state index >= 15 is 0 Å². The lowest BCUT2D eigenvalue weighted by Crippen LogP contribution is -2.69. The number of aliphatic hydroxyl groups excluding tert-OH is 8. The van der Waals surface area contributed by atoms with Gasteiger partial charge in [-0.3, -0.25) is 0 Å². The Kier molecular flexibility index (Phi) is 11.4. The van der Waals surface area contributed by atoms with Gasteiger partial charge in [0, 0.05) is 6.42 Å². The number of unbranched alkanes of at least 4 members (excludes halogenated alkanes) is 7. The predicted molar refractivity (Wildman–Crippen MR) is 115 cm³/mol. The molecule has 11 nitrogen and oxygen atoms in total. The summed E-state index contributed by atoms with van der Waals surface area (Å²) in [5.74, 6) is -4.34. The Hall–Kier alpha value is -0.440. The zero-order chi connectivity index (χ0) is 24.6. The molecular formula is C22H42O11. The Balaban J connectivity index is 2.19. The van der Waals surface area contributed by atoms with E-state index in [0.717, 1.165) is 38.5 Å². The molecule has 196 valence electrons. The van der Waals surface area contributed by atoms with Crippen LogP contribution in [0, 0.1) is 0 Å². The largest absolute Gasteiger partial charge is 0.394 e. The first-order valence-corrected chi connectivity index (χ1v) is 12.0. The highest BCUT2D eigenvalue weighted by Crippen LogP contribution is 2.43. The molecule has 1 unspecified atom stereocenters. The van der Waals surface area contributed by atoms with E-state index in [1.165, 1.54) is 6.42 Å². The Morgan fingerprint density at radius 1 is 0.636 bits per heavy atom. The van der Waals surface area contributed by atoms with Crippen LogP contribution >= 0.6 is 0 Å². The Bertz CT molecular complexity index is 564. The first-order chi connectivity index (χ1) is 15.7. The quantitative estimate of drug-likeness (QED) is 0.135. The molecule has 0 aromatic rings. The molecule has 0 spiro atoms. The molecule has 0 saturated carbocycles. The average molecular weight is 483 g/mol. The van der Waals surface area contributed by atoms with Gasteiger partial charge in [0.25, 0.3) is 0 Å². The molecule has 8 N–H and O–H groups in total. The fraction of sp³-hybridized carbons (Fsp3) is 1.00. The molecule has 0 amide bonds. The van der Waals surface area contributed by atoms with Crippen LogP contribution in [0.5, 0.6) is 0 Å². The average Bonchev–Trinajstić information content (AvgIpc) is 3.06. The molecule has 2 aliphatic heterocycles. The molecule has 0 aromatic carbocycles. The third-order valence-electron chi connectivity index (χ3n) is 6.67. The van der Waals surface area contributed by atoms with Crippen LogP contribution in [-0.4, -0.2) is 115 Å². The van der Waals surface area contributed by atoms with E-state index in [9.17, 15) is 40.9 Å². The van der Waals surface area contributed by atoms with Crippen LogP contribution in [0.2, 0.25) is 0 Å². The summed E-state index contributed by atoms with van der Waals surface area (Å²) in [6.45, 7) is -0.172. The molecule has 2 heterocycles. The molecule has 2 aliphatic rings. The molecule has 2 rings (SSSR count). The van der Waals surface area contributed by atoms with Gasteiger partial charge < -0.3 is 55.1 Å². The summed E-state index contributed by atoms with van der Waals surface area (Å²) in [5, 5.41) is 81.2. The van der Waals surface area contributed by atoms with Crippen molar-refractivity contribution in [2.75, 3.05) is 19.8 Å². The monoisotopic (exact) mass is 482 g/mol. The zero-order valence-corrected chi connectivity index (χ0v) is 19.3. The van der Waals surface area contributed by atoms with Gasteiger partial charge in [-0.2, -0.15) is 0 Å². The predicted octanol–water partition coefficient (Wildman–Crippen LogP) is -1.49. The number of aliphatic hydroxyl groups is 8. The number of rotatable bonds is 14. The van der Waals surface area contributed by atoms with Gasteiger partial charge in [0.05, 0.1) is 13.2 Å². The van der Waals surface area contributed by atoms with E-state index in [0.29, 0.717) is 6.42 Å². The van der Waals surface area contributed by atoms with Gasteiger partial charge in [-0.1, -0.05) is 51.9 Å². The summed E-state index contributed by atoms with van der Waals surface area (Å²) in [7, 11) is 0. The highest BCUT2D eigenvalue weighted by atomic mass is 16.8. The second-order valence-electron chi connectivity index (χ2n) is 9.15. The van der Waals surface area contributed by atoms with E-state index in [-0.39, 0.29) is 6.42 Å². The van der Waals surface area contributed by atoms with Crippen molar-refractivity contribution in [1.29, 1.82) is 0 Å². The second kappa shape index (κ2) is 13.0. The van der Waals surface area contributed by atoms with Crippen molar-refractivity contribution in [1.82, 2.24) is 0 Å². The normalized spacial score (nSPS) is 41.5. The van der Waals surface area contributed by atoms with Crippen LogP contribution < -0.4 is 0 Å². The first kappa shape index (κ1) is 28.8. The highest BCUT2D eigenvalue weighted by molar-refractivity contribution is 5.02. The number of hydrogen-bond donors (Lipinski definition) is 8. The molecule has 2 fully saturated rings. The van der Waals surface area contributed by atoms with Crippen LogP contribution in [0.1, 0.15) is 64.7 Å². The van der Waals surface area contributed by atoms with Crippen LogP contribution in [0.3, 0.4) is 0 Å². The van der Waals surface area contributed by atoms with Crippen molar-refractivity contribution in [3.8, 4) is 0 Å². The summed E-state index contributed by atoms with van der Waals surface area (Å²) in [6.07, 6.45) is -3.38. The fourth-order valence-corrected chi connectivity index (χ4v) is 4.60. The second-order valence-corrected chi connectivity index (χ2v) is 9.15. The van der Waals surface area contributed by atoms with Gasteiger partial charge in [0.2, 0.25) is 11.6 Å². The molecule has 9 atom stereocenters. The molecule has 0 aromatic heterocycles. The van der Waals surface area contributed by atoms with Gasteiger partial charge >= 0.3 is 0 Å². The summed E-state index contributed by atoms with van der Waals surface area (Å²) >= 11 is 0. The van der Waals surface area contributed by atoms with Crippen molar-refractivity contribution < 1.29 is 55.1 Å². The van der Waals surface area contributed by atoms with Crippen molar-refractivity contribution >= 4 is 0 Å². The van der Waals surface area contributed by atoms with Crippen LogP contribution in [0.15, 0.2) is 0 Å². The highest BCUT2D eigenvalue weighted by Gasteiger charge is 2.63. The molecule has 0 aliphatic carbocycles. The summed E-state index contributed by atoms with van der Waals surface area (Å²) in [6, 6.07) is 0. The first-order valence-electron chi connectivity index (χ1n) is 12.0. The Morgan fingerprint density at radius 3 is 1.64 bits per heavy atom. The third-order valence-corrected chi connectivity index (χ3v) is 6.67. The lowest BCUT2D eigenvalue weighted by molar-refractivity contribution is -0.435. The lowest BCUT2D eigenvalue weighted by Gasteiger charge is -2.51. The standard InChI is InChI=1S/C22H42O11/c1-2-3-4-5-6-7-8-9-10-21(20(30)18(28)16(26)14(11-23)31-21)33-22(13-25)19(29)17(27)15(12-24)32-22/h14-20,23-30H,2-13H2,1H3/t14-,15-,16-,17-,18+,19+,20-,21+,22?/m1/s1. The van der Waals surface area contributed by atoms with Crippen LogP contribution in [-0.2, 0) is 14.2 Å². The Morgan fingerprint density at radius 2 is 1.12 bits per heavy atom. The topological polar surface area (TPSA) is 190 Å². The van der Waals surface area contributed by atoms with E-state index in [1.807, 2.05) is 0 Å². The van der Waals surface area contributed by atoms with Gasteiger partial charge in [-0.15, -0.1) is 0 Å². The fourth-order valence-electron chi connectivity index (χ4n) is 4.60. The van der Waals surface area contributed by atoms with E-state index in [1.54, 1.807) is 0 Å². The van der Waals surface area contributed by atoms with Gasteiger partial charge in [0.1, 0.15) is 49.3 Å². The maximum Gasteiger partial charge on any atom is 0.224 e. The molecule has 11 heteroatoms. The van der Waals surface area contributed by atoms with Crippen molar-refractivity contribution in [2.24, 2.45) is 0 Å². The lowest BCUT2D eigenvalue weighted by atomic mass is 9.88. The van der Waals surface area contributed by atoms with Crippen molar-refractivity contribution in [3.63, 3.8) is 0 Å². The van der Waals surface area contributed by atoms with E-state index in [2.05, 4.69) is 6.92 Å².